The molecule has 0 aliphatic rings. The molecule has 0 saturated carbocycles. The quantitative estimate of drug-likeness (QED) is 0.429. The zero-order valence-electron chi connectivity index (χ0n) is 15.6. The average Bonchev–Trinajstić information content (AvgIpc) is 2.70. The van der Waals surface area contributed by atoms with Crippen molar-refractivity contribution in [3.05, 3.63) is 95.1 Å². The van der Waals surface area contributed by atoms with E-state index in [0.717, 1.165) is 11.1 Å². The van der Waals surface area contributed by atoms with Gasteiger partial charge in [-0.1, -0.05) is 85.0 Å². The van der Waals surface area contributed by atoms with Crippen LogP contribution >= 0.6 is 0 Å². The van der Waals surface area contributed by atoms with Crippen LogP contribution in [-0.4, -0.2) is 25.9 Å². The Balaban J connectivity index is 1.98. The lowest BCUT2D eigenvalue weighted by Crippen LogP contribution is -2.00. The molecular formula is C22H18O6S2. The molecule has 0 spiro atoms. The van der Waals surface area contributed by atoms with Gasteiger partial charge in [-0.25, -0.2) is 0 Å². The lowest BCUT2D eigenvalue weighted by atomic mass is 10.0. The topological polar surface area (TPSA) is 109 Å². The van der Waals surface area contributed by atoms with Crippen molar-refractivity contribution in [2.75, 3.05) is 0 Å². The highest BCUT2D eigenvalue weighted by molar-refractivity contribution is 7.86. The molecule has 0 atom stereocenters. The van der Waals surface area contributed by atoms with Gasteiger partial charge in [0.1, 0.15) is 9.79 Å². The summed E-state index contributed by atoms with van der Waals surface area (Å²) in [5.74, 6) is 0. The Kier molecular flexibility index (Phi) is 6.33. The molecule has 0 aliphatic carbocycles. The molecule has 0 aromatic heterocycles. The fourth-order valence-corrected chi connectivity index (χ4v) is 4.25. The third-order valence-electron chi connectivity index (χ3n) is 4.27. The van der Waals surface area contributed by atoms with Crippen molar-refractivity contribution in [2.24, 2.45) is 0 Å². The van der Waals surface area contributed by atoms with E-state index in [1.807, 2.05) is 0 Å². The van der Waals surface area contributed by atoms with Crippen LogP contribution in [0.3, 0.4) is 0 Å². The molecule has 0 amide bonds. The molecule has 0 bridgehead atoms. The first-order chi connectivity index (χ1) is 14.2. The predicted molar refractivity (Wildman–Crippen MR) is 117 cm³/mol. The summed E-state index contributed by atoms with van der Waals surface area (Å²) < 4.78 is 64.9. The van der Waals surface area contributed by atoms with E-state index in [9.17, 15) is 25.9 Å². The van der Waals surface area contributed by atoms with Crippen LogP contribution in [0.5, 0.6) is 0 Å². The molecule has 154 valence electrons. The van der Waals surface area contributed by atoms with Crippen LogP contribution in [0.1, 0.15) is 22.3 Å². The van der Waals surface area contributed by atoms with E-state index in [1.165, 1.54) is 24.3 Å². The first-order valence-corrected chi connectivity index (χ1v) is 11.6. The number of rotatable bonds is 6. The van der Waals surface area contributed by atoms with E-state index in [1.54, 1.807) is 72.8 Å². The highest BCUT2D eigenvalue weighted by Gasteiger charge is 2.13. The minimum Gasteiger partial charge on any atom is -0.282 e. The molecule has 0 fully saturated rings. The van der Waals surface area contributed by atoms with Gasteiger partial charge in [0.25, 0.3) is 20.2 Å². The van der Waals surface area contributed by atoms with Crippen molar-refractivity contribution in [1.29, 1.82) is 0 Å². The van der Waals surface area contributed by atoms with Crippen LogP contribution < -0.4 is 0 Å². The molecule has 0 saturated heterocycles. The fraction of sp³-hybridized carbons (Fsp3) is 0. The highest BCUT2D eigenvalue weighted by Crippen LogP contribution is 2.22. The molecule has 3 rings (SSSR count). The SMILES string of the molecule is O=S(=O)(O)c1ccccc1C=Cc1ccccc1C=Cc1ccccc1S(=O)(=O)O. The van der Waals surface area contributed by atoms with Crippen LogP contribution in [-0.2, 0) is 20.2 Å². The maximum atomic E-state index is 11.5. The summed E-state index contributed by atoms with van der Waals surface area (Å²) in [6.45, 7) is 0. The van der Waals surface area contributed by atoms with Gasteiger partial charge >= 0.3 is 0 Å². The Morgan fingerprint density at radius 3 is 1.07 bits per heavy atom. The van der Waals surface area contributed by atoms with Gasteiger partial charge in [-0.15, -0.1) is 0 Å². The summed E-state index contributed by atoms with van der Waals surface area (Å²) in [4.78, 5) is -0.396. The smallest absolute Gasteiger partial charge is 0.282 e. The van der Waals surface area contributed by atoms with E-state index in [4.69, 9.17) is 0 Å². The second-order valence-electron chi connectivity index (χ2n) is 6.32. The minimum absolute atomic E-state index is 0.198. The molecule has 0 radical (unpaired) electrons. The van der Waals surface area contributed by atoms with Gasteiger partial charge in [-0.3, -0.25) is 9.11 Å². The van der Waals surface area contributed by atoms with Crippen LogP contribution in [0.4, 0.5) is 0 Å². The highest BCUT2D eigenvalue weighted by atomic mass is 32.2. The maximum absolute atomic E-state index is 11.5. The molecule has 30 heavy (non-hydrogen) atoms. The molecule has 3 aromatic rings. The van der Waals surface area contributed by atoms with Gasteiger partial charge in [0.2, 0.25) is 0 Å². The Bertz CT molecular complexity index is 1230. The van der Waals surface area contributed by atoms with Crippen molar-refractivity contribution in [1.82, 2.24) is 0 Å². The summed E-state index contributed by atoms with van der Waals surface area (Å²) in [5, 5.41) is 0. The van der Waals surface area contributed by atoms with Crippen molar-refractivity contribution in [3.63, 3.8) is 0 Å². The lowest BCUT2D eigenvalue weighted by molar-refractivity contribution is 0.480. The van der Waals surface area contributed by atoms with Gasteiger partial charge in [0.05, 0.1) is 0 Å². The second kappa shape index (κ2) is 8.76. The van der Waals surface area contributed by atoms with Crippen LogP contribution in [0.2, 0.25) is 0 Å². The summed E-state index contributed by atoms with van der Waals surface area (Å²) in [7, 11) is -8.72. The Morgan fingerprint density at radius 1 is 0.467 bits per heavy atom. The maximum Gasteiger partial charge on any atom is 0.295 e. The first-order valence-electron chi connectivity index (χ1n) is 8.74. The number of hydrogen-bond donors (Lipinski definition) is 2. The van der Waals surface area contributed by atoms with Crippen molar-refractivity contribution < 1.29 is 25.9 Å². The van der Waals surface area contributed by atoms with Crippen LogP contribution in [0.25, 0.3) is 24.3 Å². The fourth-order valence-electron chi connectivity index (χ4n) is 2.88. The number of hydrogen-bond acceptors (Lipinski definition) is 4. The molecule has 0 heterocycles. The van der Waals surface area contributed by atoms with Gasteiger partial charge < -0.3 is 0 Å². The summed E-state index contributed by atoms with van der Waals surface area (Å²) >= 11 is 0. The van der Waals surface area contributed by atoms with Gasteiger partial charge in [0, 0.05) is 0 Å². The monoisotopic (exact) mass is 442 g/mol. The third kappa shape index (κ3) is 5.31. The van der Waals surface area contributed by atoms with Crippen molar-refractivity contribution in [2.45, 2.75) is 9.79 Å². The van der Waals surface area contributed by atoms with Crippen molar-refractivity contribution >= 4 is 44.5 Å². The van der Waals surface area contributed by atoms with Crippen LogP contribution in [0, 0.1) is 0 Å². The summed E-state index contributed by atoms with van der Waals surface area (Å²) in [6.07, 6.45) is 6.53. The zero-order valence-corrected chi connectivity index (χ0v) is 17.2. The molecule has 8 heteroatoms. The first kappa shape index (κ1) is 21.7. The predicted octanol–water partition coefficient (Wildman–Crippen LogP) is 4.52. The molecule has 3 aromatic carbocycles. The zero-order chi connectivity index (χ0) is 21.8. The Hall–Kier alpha value is -3.04. The third-order valence-corrected chi connectivity index (χ3v) is 6.13. The van der Waals surface area contributed by atoms with Gasteiger partial charge in [0.15, 0.2) is 0 Å². The molecular weight excluding hydrogens is 424 g/mol. The lowest BCUT2D eigenvalue weighted by Gasteiger charge is -2.05. The van der Waals surface area contributed by atoms with E-state index in [2.05, 4.69) is 0 Å². The minimum atomic E-state index is -4.36. The molecule has 6 nitrogen and oxygen atoms in total. The Morgan fingerprint density at radius 2 is 0.733 bits per heavy atom. The van der Waals surface area contributed by atoms with E-state index in [0.29, 0.717) is 11.1 Å². The van der Waals surface area contributed by atoms with Crippen molar-refractivity contribution in [3.8, 4) is 0 Å². The van der Waals surface area contributed by atoms with E-state index < -0.39 is 20.2 Å². The molecule has 0 aliphatic heterocycles. The molecule has 2 N–H and O–H groups in total. The van der Waals surface area contributed by atoms with Gasteiger partial charge in [-0.2, -0.15) is 16.8 Å². The summed E-state index contributed by atoms with van der Waals surface area (Å²) in [5.41, 5.74) is 2.14. The largest absolute Gasteiger partial charge is 0.295 e. The van der Waals surface area contributed by atoms with Crippen LogP contribution in [0.15, 0.2) is 82.6 Å². The standard InChI is InChI=1S/C22H18O6S2/c23-29(24,25)21-11-5-3-9-19(21)15-13-17-7-1-2-8-18(17)14-16-20-10-4-6-12-22(20)30(26,27)28/h1-16H,(H,23,24,25)(H,26,27,28). The van der Waals surface area contributed by atoms with Gasteiger partial charge in [-0.05, 0) is 34.4 Å². The number of benzene rings is 3. The van der Waals surface area contributed by atoms with E-state index >= 15 is 0 Å². The average molecular weight is 443 g/mol. The second-order valence-corrected chi connectivity index (χ2v) is 9.10. The molecule has 0 unspecified atom stereocenters. The Labute approximate surface area is 175 Å². The van der Waals surface area contributed by atoms with E-state index in [-0.39, 0.29) is 9.79 Å². The summed E-state index contributed by atoms with van der Waals surface area (Å²) in [6, 6.07) is 19.3. The normalized spacial score (nSPS) is 12.6.